The molecular weight excluding hydrogens is 402 g/mol. The summed E-state index contributed by atoms with van der Waals surface area (Å²) in [5.41, 5.74) is 6.72. The molecule has 0 unspecified atom stereocenters. The first-order chi connectivity index (χ1) is 15.4. The van der Waals surface area contributed by atoms with Crippen molar-refractivity contribution >= 4 is 0 Å². The third-order valence-electron chi connectivity index (χ3n) is 5.49. The van der Waals surface area contributed by atoms with E-state index in [2.05, 4.69) is 16.5 Å². The second-order valence-corrected chi connectivity index (χ2v) is 7.80. The molecule has 0 aliphatic carbocycles. The molecule has 0 spiro atoms. The molecule has 4 rings (SSSR count). The highest BCUT2D eigenvalue weighted by Gasteiger charge is 2.14. The Bertz CT molecular complexity index is 1410. The molecule has 0 aliphatic heterocycles. The number of benzene rings is 3. The van der Waals surface area contributed by atoms with Gasteiger partial charge in [-0.2, -0.15) is 14.6 Å². The molecule has 0 fully saturated rings. The molecule has 0 aliphatic rings. The van der Waals surface area contributed by atoms with Crippen molar-refractivity contribution in [3.05, 3.63) is 92.9 Å². The Kier molecular flexibility index (Phi) is 5.61. The number of aromatic nitrogens is 4. The average Bonchev–Trinajstić information content (AvgIpc) is 3.11. The van der Waals surface area contributed by atoms with Gasteiger partial charge in [-0.1, -0.05) is 30.3 Å². The lowest BCUT2D eigenvalue weighted by Gasteiger charge is -2.15. The summed E-state index contributed by atoms with van der Waals surface area (Å²) in [4.78, 5) is 12.3. The van der Waals surface area contributed by atoms with Crippen LogP contribution >= 0.6 is 0 Å². The fourth-order valence-corrected chi connectivity index (χ4v) is 3.67. The van der Waals surface area contributed by atoms with E-state index >= 15 is 0 Å². The van der Waals surface area contributed by atoms with Gasteiger partial charge in [-0.05, 0) is 83.3 Å². The van der Waals surface area contributed by atoms with Gasteiger partial charge in [0.05, 0.1) is 17.3 Å². The minimum atomic E-state index is -0.316. The molecule has 7 nitrogen and oxygen atoms in total. The number of nitriles is 1. The summed E-state index contributed by atoms with van der Waals surface area (Å²) in [7, 11) is 1.56. The van der Waals surface area contributed by atoms with Crippen LogP contribution in [0.1, 0.15) is 27.8 Å². The van der Waals surface area contributed by atoms with Crippen LogP contribution < -0.4 is 10.4 Å². The summed E-state index contributed by atoms with van der Waals surface area (Å²) in [6.45, 7) is 6.20. The van der Waals surface area contributed by atoms with E-state index in [0.717, 1.165) is 39.1 Å². The van der Waals surface area contributed by atoms with Crippen molar-refractivity contribution in [2.75, 3.05) is 0 Å². The second kappa shape index (κ2) is 8.52. The normalized spacial score (nSPS) is 10.7. The van der Waals surface area contributed by atoms with Crippen molar-refractivity contribution in [1.82, 2.24) is 19.8 Å². The van der Waals surface area contributed by atoms with E-state index in [0.29, 0.717) is 11.3 Å². The minimum Gasteiger partial charge on any atom is -0.489 e. The minimum absolute atomic E-state index is 0.277. The zero-order valence-electron chi connectivity index (χ0n) is 18.5. The first kappa shape index (κ1) is 21.1. The summed E-state index contributed by atoms with van der Waals surface area (Å²) in [5, 5.41) is 17.3. The third-order valence-corrected chi connectivity index (χ3v) is 5.49. The summed E-state index contributed by atoms with van der Waals surface area (Å²) in [6.07, 6.45) is 0. The van der Waals surface area contributed by atoms with Crippen LogP contribution in [-0.4, -0.2) is 19.8 Å². The molecular formula is C25H23N5O2. The molecule has 32 heavy (non-hydrogen) atoms. The zero-order valence-corrected chi connectivity index (χ0v) is 18.5. The van der Waals surface area contributed by atoms with Crippen molar-refractivity contribution in [1.29, 1.82) is 5.26 Å². The molecule has 3 aromatic carbocycles. The lowest BCUT2D eigenvalue weighted by atomic mass is 9.97. The first-order valence-corrected chi connectivity index (χ1v) is 10.2. The number of ether oxygens (including phenoxy) is 1. The number of aryl methyl sites for hydroxylation is 4. The van der Waals surface area contributed by atoms with Crippen molar-refractivity contribution in [3.63, 3.8) is 0 Å². The highest BCUT2D eigenvalue weighted by atomic mass is 16.5. The van der Waals surface area contributed by atoms with Gasteiger partial charge in [-0.25, -0.2) is 4.79 Å². The highest BCUT2D eigenvalue weighted by Crippen LogP contribution is 2.30. The van der Waals surface area contributed by atoms with Gasteiger partial charge in [0.15, 0.2) is 0 Å². The predicted molar refractivity (Wildman–Crippen MR) is 122 cm³/mol. The average molecular weight is 425 g/mol. The highest BCUT2D eigenvalue weighted by molar-refractivity contribution is 5.72. The van der Waals surface area contributed by atoms with E-state index < -0.39 is 0 Å². The SMILES string of the molecule is Cc1ccc(-c2ccc(OCc3c(C)cccc3-n3nnn(C)c3=O)c(C)c2)c(C#N)c1. The molecule has 160 valence electrons. The largest absolute Gasteiger partial charge is 0.489 e. The number of tetrazole rings is 1. The maximum absolute atomic E-state index is 12.3. The molecule has 7 heteroatoms. The van der Waals surface area contributed by atoms with Gasteiger partial charge >= 0.3 is 5.69 Å². The second-order valence-electron chi connectivity index (χ2n) is 7.80. The van der Waals surface area contributed by atoms with Gasteiger partial charge in [0.1, 0.15) is 12.4 Å². The number of hydrogen-bond donors (Lipinski definition) is 0. The van der Waals surface area contributed by atoms with E-state index in [1.807, 2.05) is 75.4 Å². The summed E-state index contributed by atoms with van der Waals surface area (Å²) in [5.74, 6) is 0.736. The molecule has 0 bridgehead atoms. The van der Waals surface area contributed by atoms with Gasteiger partial charge in [0.2, 0.25) is 0 Å². The van der Waals surface area contributed by atoms with Gasteiger partial charge in [-0.15, -0.1) is 0 Å². The molecule has 0 amide bonds. The topological polar surface area (TPSA) is 85.7 Å². The van der Waals surface area contributed by atoms with Crippen LogP contribution in [0.15, 0.2) is 59.4 Å². The monoisotopic (exact) mass is 425 g/mol. The van der Waals surface area contributed by atoms with Crippen LogP contribution in [0.4, 0.5) is 0 Å². The predicted octanol–water partition coefficient (Wildman–Crippen LogP) is 4.01. The van der Waals surface area contributed by atoms with Gasteiger partial charge in [0, 0.05) is 12.6 Å². The summed E-state index contributed by atoms with van der Waals surface area (Å²) >= 11 is 0. The zero-order chi connectivity index (χ0) is 22.8. The van der Waals surface area contributed by atoms with Crippen LogP contribution in [0.3, 0.4) is 0 Å². The van der Waals surface area contributed by atoms with Crippen LogP contribution in [0.5, 0.6) is 5.75 Å². The third kappa shape index (κ3) is 3.91. The van der Waals surface area contributed by atoms with Crippen molar-refractivity contribution in [3.8, 4) is 28.6 Å². The molecule has 4 aromatic rings. The standard InChI is InChI=1S/C25H23N5O2/c1-16-8-10-21(20(12-16)14-26)19-9-11-24(18(3)13-19)32-15-22-17(2)6-5-7-23(22)30-25(31)29(4)27-28-30/h5-13H,15H2,1-4H3. The Hall–Kier alpha value is -4.18. The molecule has 0 atom stereocenters. The number of rotatable bonds is 5. The molecule has 0 radical (unpaired) electrons. The molecule has 1 aromatic heterocycles. The molecule has 1 heterocycles. The van der Waals surface area contributed by atoms with E-state index in [-0.39, 0.29) is 12.3 Å². The lowest BCUT2D eigenvalue weighted by Crippen LogP contribution is -2.23. The Labute approximate surface area is 186 Å². The Morgan fingerprint density at radius 1 is 1.00 bits per heavy atom. The van der Waals surface area contributed by atoms with Crippen LogP contribution in [-0.2, 0) is 13.7 Å². The fourth-order valence-electron chi connectivity index (χ4n) is 3.67. The summed E-state index contributed by atoms with van der Waals surface area (Å²) in [6, 6.07) is 19.7. The smallest absolute Gasteiger partial charge is 0.368 e. The van der Waals surface area contributed by atoms with Crippen LogP contribution in [0, 0.1) is 32.1 Å². The number of hydrogen-bond acceptors (Lipinski definition) is 5. The molecule has 0 saturated heterocycles. The molecule has 0 N–H and O–H groups in total. The van der Waals surface area contributed by atoms with Crippen molar-refractivity contribution in [2.24, 2.45) is 7.05 Å². The number of nitrogens with zero attached hydrogens (tertiary/aromatic N) is 5. The quantitative estimate of drug-likeness (QED) is 0.482. The Balaban J connectivity index is 1.63. The van der Waals surface area contributed by atoms with Gasteiger partial charge in [0.25, 0.3) is 0 Å². The van der Waals surface area contributed by atoms with Gasteiger partial charge < -0.3 is 4.74 Å². The first-order valence-electron chi connectivity index (χ1n) is 10.2. The maximum Gasteiger partial charge on any atom is 0.368 e. The maximum atomic E-state index is 12.3. The fraction of sp³-hybridized carbons (Fsp3) is 0.200. The molecule has 0 saturated carbocycles. The Morgan fingerprint density at radius 3 is 2.50 bits per heavy atom. The van der Waals surface area contributed by atoms with E-state index in [4.69, 9.17) is 4.74 Å². The van der Waals surface area contributed by atoms with Crippen molar-refractivity contribution < 1.29 is 4.74 Å². The lowest BCUT2D eigenvalue weighted by molar-refractivity contribution is 0.302. The van der Waals surface area contributed by atoms with E-state index in [9.17, 15) is 10.1 Å². The van der Waals surface area contributed by atoms with Gasteiger partial charge in [-0.3, -0.25) is 0 Å². The Morgan fingerprint density at radius 2 is 1.81 bits per heavy atom. The van der Waals surface area contributed by atoms with Crippen molar-refractivity contribution in [2.45, 2.75) is 27.4 Å². The van der Waals surface area contributed by atoms with E-state index in [1.54, 1.807) is 7.05 Å². The van der Waals surface area contributed by atoms with Crippen LogP contribution in [0.2, 0.25) is 0 Å². The van der Waals surface area contributed by atoms with Crippen LogP contribution in [0.25, 0.3) is 16.8 Å². The van der Waals surface area contributed by atoms with E-state index in [1.165, 1.54) is 9.36 Å². The summed E-state index contributed by atoms with van der Waals surface area (Å²) < 4.78 is 8.61.